The van der Waals surface area contributed by atoms with E-state index in [1.165, 1.54) is 48.4 Å². The number of aldehydes is 1. The molecule has 0 saturated carbocycles. The molecule has 2 aliphatic heterocycles. The van der Waals surface area contributed by atoms with Crippen LogP contribution in [0.25, 0.3) is 11.0 Å². The molecular formula is C23H27N3O2S. The molecule has 0 amide bonds. The van der Waals surface area contributed by atoms with E-state index in [0.29, 0.717) is 0 Å². The number of anilines is 1. The van der Waals surface area contributed by atoms with Crippen molar-refractivity contribution in [3.05, 3.63) is 45.3 Å². The molecule has 0 aliphatic carbocycles. The fourth-order valence-corrected chi connectivity index (χ4v) is 5.44. The monoisotopic (exact) mass is 409 g/mol. The minimum atomic E-state index is -0.115. The maximum atomic E-state index is 11.1. The lowest BCUT2D eigenvalue weighted by Crippen LogP contribution is -2.33. The molecule has 1 aromatic carbocycles. The maximum absolute atomic E-state index is 11.1. The van der Waals surface area contributed by atoms with Crippen molar-refractivity contribution < 1.29 is 9.32 Å². The second kappa shape index (κ2) is 7.92. The van der Waals surface area contributed by atoms with Crippen molar-refractivity contribution in [2.75, 3.05) is 18.4 Å². The van der Waals surface area contributed by atoms with Crippen molar-refractivity contribution in [3.8, 4) is 0 Å². The largest absolute Gasteiger partial charge is 0.375 e. The molecule has 1 unspecified atom stereocenters. The average molecular weight is 410 g/mol. The van der Waals surface area contributed by atoms with Gasteiger partial charge in [-0.3, -0.25) is 4.90 Å². The van der Waals surface area contributed by atoms with E-state index >= 15 is 0 Å². The van der Waals surface area contributed by atoms with Crippen LogP contribution in [0.1, 0.15) is 41.0 Å². The lowest BCUT2D eigenvalue weighted by atomic mass is 9.91. The molecule has 2 aromatic heterocycles. The first kappa shape index (κ1) is 18.8. The van der Waals surface area contributed by atoms with Crippen LogP contribution in [0.5, 0.6) is 0 Å². The van der Waals surface area contributed by atoms with Gasteiger partial charge in [0.1, 0.15) is 6.29 Å². The summed E-state index contributed by atoms with van der Waals surface area (Å²) in [6, 6.07) is 6.36. The van der Waals surface area contributed by atoms with E-state index in [1.54, 1.807) is 0 Å². The number of carbonyl (C=O) groups is 1. The Kier molecular flexibility index (Phi) is 5.14. The molecule has 0 radical (unpaired) electrons. The Morgan fingerprint density at radius 2 is 2.17 bits per heavy atom. The second-order valence-corrected chi connectivity index (χ2v) is 9.66. The van der Waals surface area contributed by atoms with Gasteiger partial charge in [-0.2, -0.15) is 0 Å². The molecule has 2 aliphatic rings. The molecule has 0 bridgehead atoms. The van der Waals surface area contributed by atoms with E-state index in [0.717, 1.165) is 53.9 Å². The highest BCUT2D eigenvalue weighted by Gasteiger charge is 2.24. The molecular weight excluding hydrogens is 382 g/mol. The van der Waals surface area contributed by atoms with Crippen LogP contribution in [-0.2, 0) is 24.2 Å². The van der Waals surface area contributed by atoms with Gasteiger partial charge in [0.25, 0.3) is 0 Å². The van der Waals surface area contributed by atoms with Gasteiger partial charge in [0.2, 0.25) is 0 Å². The normalized spacial score (nSPS) is 20.1. The predicted molar refractivity (Wildman–Crippen MR) is 117 cm³/mol. The van der Waals surface area contributed by atoms with Gasteiger partial charge >= 0.3 is 0 Å². The Morgan fingerprint density at radius 1 is 1.31 bits per heavy atom. The topological polar surface area (TPSA) is 58.4 Å². The number of aromatic nitrogens is 1. The highest BCUT2D eigenvalue weighted by Crippen LogP contribution is 2.33. The third kappa shape index (κ3) is 3.96. The lowest BCUT2D eigenvalue weighted by molar-refractivity contribution is -0.108. The quantitative estimate of drug-likeness (QED) is 0.604. The first-order valence-electron chi connectivity index (χ1n) is 10.6. The van der Waals surface area contributed by atoms with Crippen LogP contribution in [0, 0.1) is 12.8 Å². The number of rotatable bonds is 6. The van der Waals surface area contributed by atoms with Crippen molar-refractivity contribution in [3.63, 3.8) is 0 Å². The summed E-state index contributed by atoms with van der Waals surface area (Å²) in [5.74, 6) is 0.762. The van der Waals surface area contributed by atoms with Crippen molar-refractivity contribution in [1.29, 1.82) is 0 Å². The summed E-state index contributed by atoms with van der Waals surface area (Å²) in [7, 11) is 0. The van der Waals surface area contributed by atoms with Crippen LogP contribution in [0.3, 0.4) is 0 Å². The number of thiophene rings is 1. The van der Waals surface area contributed by atoms with Gasteiger partial charge in [-0.15, -0.1) is 11.3 Å². The van der Waals surface area contributed by atoms with E-state index in [1.807, 2.05) is 17.4 Å². The fourth-order valence-electron chi connectivity index (χ4n) is 4.75. The van der Waals surface area contributed by atoms with Crippen molar-refractivity contribution in [2.45, 2.75) is 51.6 Å². The Bertz CT molecular complexity index is 1020. The lowest BCUT2D eigenvalue weighted by Gasteiger charge is -2.31. The molecule has 152 valence electrons. The molecule has 6 heteroatoms. The summed E-state index contributed by atoms with van der Waals surface area (Å²) in [6.45, 7) is 5.64. The molecule has 3 aromatic rings. The SMILES string of the molecule is Cc1cc(CN2CCC(CCc3noc4cc5c(cc34)CC(C=O)N5)CC2)cs1. The van der Waals surface area contributed by atoms with Crippen LogP contribution in [0.2, 0.25) is 0 Å². The number of aryl methyl sites for hydroxylation is 2. The summed E-state index contributed by atoms with van der Waals surface area (Å²) in [5.41, 5.74) is 5.53. The van der Waals surface area contributed by atoms with Crippen LogP contribution in [-0.4, -0.2) is 35.5 Å². The molecule has 4 heterocycles. The van der Waals surface area contributed by atoms with Crippen LogP contribution in [0.4, 0.5) is 5.69 Å². The Morgan fingerprint density at radius 3 is 2.93 bits per heavy atom. The number of carbonyl (C=O) groups excluding carboxylic acids is 1. The summed E-state index contributed by atoms with van der Waals surface area (Å²) in [5, 5.41) is 11.0. The highest BCUT2D eigenvalue weighted by molar-refractivity contribution is 7.10. The number of piperidine rings is 1. The zero-order valence-corrected chi connectivity index (χ0v) is 17.6. The smallest absolute Gasteiger partial charge is 0.169 e. The summed E-state index contributed by atoms with van der Waals surface area (Å²) in [4.78, 5) is 15.1. The number of fused-ring (bicyclic) bond motifs is 2. The summed E-state index contributed by atoms with van der Waals surface area (Å²) in [6.07, 6.45) is 6.39. The van der Waals surface area contributed by atoms with Gasteiger partial charge in [-0.1, -0.05) is 5.16 Å². The van der Waals surface area contributed by atoms with E-state index in [4.69, 9.17) is 4.52 Å². The predicted octanol–water partition coefficient (Wildman–Crippen LogP) is 4.58. The number of hydrogen-bond donors (Lipinski definition) is 1. The maximum Gasteiger partial charge on any atom is 0.169 e. The number of benzene rings is 1. The Balaban J connectivity index is 1.17. The second-order valence-electron chi connectivity index (χ2n) is 8.55. The molecule has 5 rings (SSSR count). The van der Waals surface area contributed by atoms with Gasteiger partial charge in [-0.25, -0.2) is 0 Å². The van der Waals surface area contributed by atoms with E-state index in [-0.39, 0.29) is 6.04 Å². The van der Waals surface area contributed by atoms with Crippen LogP contribution in [0.15, 0.2) is 28.1 Å². The number of nitrogens with zero attached hydrogens (tertiary/aromatic N) is 2. The zero-order valence-electron chi connectivity index (χ0n) is 16.8. The van der Waals surface area contributed by atoms with Gasteiger partial charge in [0.15, 0.2) is 5.58 Å². The molecule has 1 saturated heterocycles. The molecule has 1 atom stereocenters. The van der Waals surface area contributed by atoms with Gasteiger partial charge in [0.05, 0.1) is 11.7 Å². The van der Waals surface area contributed by atoms with Crippen molar-refractivity contribution in [2.24, 2.45) is 5.92 Å². The van der Waals surface area contributed by atoms with Crippen molar-refractivity contribution >= 4 is 34.3 Å². The molecule has 1 fully saturated rings. The van der Waals surface area contributed by atoms with E-state index in [9.17, 15) is 4.79 Å². The number of likely N-dealkylation sites (tertiary alicyclic amines) is 1. The Hall–Kier alpha value is -2.18. The number of nitrogens with one attached hydrogen (secondary N) is 1. The Labute approximate surface area is 175 Å². The molecule has 1 N–H and O–H groups in total. The first-order valence-corrected chi connectivity index (χ1v) is 11.5. The van der Waals surface area contributed by atoms with E-state index in [2.05, 4.69) is 39.8 Å². The minimum Gasteiger partial charge on any atom is -0.375 e. The highest BCUT2D eigenvalue weighted by atomic mass is 32.1. The molecule has 0 spiro atoms. The van der Waals surface area contributed by atoms with Gasteiger partial charge in [0, 0.05) is 35.0 Å². The van der Waals surface area contributed by atoms with Gasteiger partial charge in [-0.05, 0) is 80.3 Å². The summed E-state index contributed by atoms with van der Waals surface area (Å²) >= 11 is 1.85. The molecule has 29 heavy (non-hydrogen) atoms. The number of hydrogen-bond acceptors (Lipinski definition) is 6. The fraction of sp³-hybridized carbons (Fsp3) is 0.478. The van der Waals surface area contributed by atoms with Crippen LogP contribution >= 0.6 is 11.3 Å². The van der Waals surface area contributed by atoms with Gasteiger partial charge < -0.3 is 14.6 Å². The average Bonchev–Trinajstić information content (AvgIpc) is 3.43. The summed E-state index contributed by atoms with van der Waals surface area (Å²) < 4.78 is 5.58. The standard InChI is InChI=1S/C23H27N3O2S/c1-15-8-17(14-29-15)12-26-6-4-16(5-7-26)2-3-21-20-10-18-9-19(13-27)24-22(18)11-23(20)28-25-21/h8,10-11,13-14,16,19,24H,2-7,9,12H2,1H3. The van der Waals surface area contributed by atoms with Crippen molar-refractivity contribution in [1.82, 2.24) is 10.1 Å². The third-order valence-electron chi connectivity index (χ3n) is 6.40. The first-order chi connectivity index (χ1) is 14.2. The third-order valence-corrected chi connectivity index (χ3v) is 7.31. The van der Waals surface area contributed by atoms with E-state index < -0.39 is 0 Å². The zero-order chi connectivity index (χ0) is 19.8. The minimum absolute atomic E-state index is 0.115. The molecule has 5 nitrogen and oxygen atoms in total. The van der Waals surface area contributed by atoms with Crippen LogP contribution < -0.4 is 5.32 Å².